The van der Waals surface area contributed by atoms with Crippen molar-refractivity contribution in [2.24, 2.45) is 0 Å². The highest BCUT2D eigenvalue weighted by Gasteiger charge is 2.36. The first kappa shape index (κ1) is 15.6. The molecule has 0 bridgehead atoms. The Balaban J connectivity index is 4.83. The lowest BCUT2D eigenvalue weighted by Gasteiger charge is -2.29. The Morgan fingerprint density at radius 2 is 1.82 bits per heavy atom. The normalized spacial score (nSPS) is 12.6. The zero-order valence-electron chi connectivity index (χ0n) is 10.6. The number of ether oxygens (including phenoxy) is 1. The van der Waals surface area contributed by atoms with Gasteiger partial charge in [-0.05, 0) is 33.3 Å². The Kier molecular flexibility index (Phi) is 5.28. The molecule has 17 heavy (non-hydrogen) atoms. The van der Waals surface area contributed by atoms with E-state index in [2.05, 4.69) is 10.1 Å². The lowest BCUT2D eigenvalue weighted by Crippen LogP contribution is -2.55. The maximum atomic E-state index is 13.3. The summed E-state index contributed by atoms with van der Waals surface area (Å²) < 4.78 is 17.6. The van der Waals surface area contributed by atoms with Crippen LogP contribution in [0.3, 0.4) is 0 Å². The van der Waals surface area contributed by atoms with Crippen molar-refractivity contribution in [2.45, 2.75) is 39.3 Å². The molecule has 0 saturated carbocycles. The van der Waals surface area contributed by atoms with Crippen molar-refractivity contribution in [1.29, 1.82) is 0 Å². The van der Waals surface area contributed by atoms with Gasteiger partial charge >= 0.3 is 5.97 Å². The van der Waals surface area contributed by atoms with Gasteiger partial charge in [-0.1, -0.05) is 0 Å². The number of hydrogen-bond donors (Lipinski definition) is 2. The van der Waals surface area contributed by atoms with Crippen LogP contribution in [0.1, 0.15) is 27.7 Å². The second-order valence-electron chi connectivity index (χ2n) is 4.42. The fraction of sp³-hybridized carbons (Fsp3) is 0.636. The van der Waals surface area contributed by atoms with Crippen LogP contribution in [0.15, 0.2) is 11.4 Å². The molecule has 1 unspecified atom stereocenters. The summed E-state index contributed by atoms with van der Waals surface area (Å²) >= 11 is 0. The third-order valence-electron chi connectivity index (χ3n) is 2.18. The SMILES string of the molecule is COC(=O)C(O)C(C)(C)NC(=O)C(F)=C(C)C. The van der Waals surface area contributed by atoms with E-state index in [9.17, 15) is 19.1 Å². The maximum Gasteiger partial charge on any atom is 0.337 e. The molecule has 0 aromatic rings. The summed E-state index contributed by atoms with van der Waals surface area (Å²) in [5.41, 5.74) is -1.11. The molecule has 0 spiro atoms. The summed E-state index contributed by atoms with van der Waals surface area (Å²) in [4.78, 5) is 22.5. The zero-order valence-corrected chi connectivity index (χ0v) is 10.6. The van der Waals surface area contributed by atoms with Gasteiger partial charge in [0.05, 0.1) is 12.6 Å². The number of nitrogens with one attached hydrogen (secondary N) is 1. The van der Waals surface area contributed by atoms with Gasteiger partial charge in [0.2, 0.25) is 0 Å². The predicted octanol–water partition coefficient (Wildman–Crippen LogP) is 0.678. The van der Waals surface area contributed by atoms with Gasteiger partial charge in [0.25, 0.3) is 5.91 Å². The van der Waals surface area contributed by atoms with Crippen LogP contribution in [0.2, 0.25) is 0 Å². The highest BCUT2D eigenvalue weighted by atomic mass is 19.1. The quantitative estimate of drug-likeness (QED) is 0.566. The fourth-order valence-electron chi connectivity index (χ4n) is 1.05. The number of carbonyl (C=O) groups excluding carboxylic acids is 2. The first-order chi connectivity index (χ1) is 7.63. The number of esters is 1. The summed E-state index contributed by atoms with van der Waals surface area (Å²) in [6, 6.07) is 0. The van der Waals surface area contributed by atoms with Crippen LogP contribution in [-0.4, -0.2) is 35.7 Å². The third kappa shape index (κ3) is 4.14. The maximum absolute atomic E-state index is 13.3. The topological polar surface area (TPSA) is 75.6 Å². The molecule has 0 aliphatic rings. The summed E-state index contributed by atoms with van der Waals surface area (Å²) in [6.07, 6.45) is -1.57. The molecular formula is C11H18FNO4. The van der Waals surface area contributed by atoms with Gasteiger partial charge in [-0.2, -0.15) is 0 Å². The molecule has 0 aliphatic heterocycles. The Morgan fingerprint density at radius 1 is 1.35 bits per heavy atom. The first-order valence-electron chi connectivity index (χ1n) is 5.05. The molecular weight excluding hydrogens is 229 g/mol. The van der Waals surface area contributed by atoms with E-state index < -0.39 is 29.3 Å². The Hall–Kier alpha value is -1.43. The van der Waals surface area contributed by atoms with Crippen LogP contribution in [-0.2, 0) is 14.3 Å². The Morgan fingerprint density at radius 3 is 2.18 bits per heavy atom. The largest absolute Gasteiger partial charge is 0.467 e. The van der Waals surface area contributed by atoms with Crippen LogP contribution in [0.4, 0.5) is 4.39 Å². The monoisotopic (exact) mass is 247 g/mol. The van der Waals surface area contributed by atoms with E-state index in [0.29, 0.717) is 0 Å². The number of amides is 1. The minimum absolute atomic E-state index is 0.214. The van der Waals surface area contributed by atoms with E-state index in [1.165, 1.54) is 27.7 Å². The summed E-state index contributed by atoms with van der Waals surface area (Å²) in [5.74, 6) is -2.80. The van der Waals surface area contributed by atoms with Gasteiger partial charge in [0.1, 0.15) is 0 Å². The molecule has 0 heterocycles. The molecule has 2 N–H and O–H groups in total. The predicted molar refractivity (Wildman–Crippen MR) is 59.7 cm³/mol. The van der Waals surface area contributed by atoms with Gasteiger partial charge in [0.15, 0.2) is 11.9 Å². The van der Waals surface area contributed by atoms with Crippen LogP contribution in [0.25, 0.3) is 0 Å². The summed E-state index contributed by atoms with van der Waals surface area (Å²) in [6.45, 7) is 5.67. The standard InChI is InChI=1S/C11H18FNO4/c1-6(2)7(12)9(15)13-11(3,4)8(14)10(16)17-5/h8,14H,1-5H3,(H,13,15). The number of methoxy groups -OCH3 is 1. The van der Waals surface area contributed by atoms with Gasteiger partial charge in [-0.25, -0.2) is 9.18 Å². The third-order valence-corrected chi connectivity index (χ3v) is 2.18. The van der Waals surface area contributed by atoms with Crippen molar-refractivity contribution in [3.63, 3.8) is 0 Å². The molecule has 5 nitrogen and oxygen atoms in total. The van der Waals surface area contributed by atoms with Crippen molar-refractivity contribution in [3.05, 3.63) is 11.4 Å². The van der Waals surface area contributed by atoms with E-state index in [1.54, 1.807) is 0 Å². The first-order valence-corrected chi connectivity index (χ1v) is 5.05. The molecule has 1 atom stereocenters. The van der Waals surface area contributed by atoms with E-state index in [0.717, 1.165) is 7.11 Å². The van der Waals surface area contributed by atoms with Crippen molar-refractivity contribution < 1.29 is 23.8 Å². The number of aliphatic hydroxyl groups excluding tert-OH is 1. The second-order valence-corrected chi connectivity index (χ2v) is 4.42. The Bertz CT molecular complexity index is 345. The van der Waals surface area contributed by atoms with Gasteiger partial charge in [0, 0.05) is 0 Å². The van der Waals surface area contributed by atoms with E-state index >= 15 is 0 Å². The second kappa shape index (κ2) is 5.77. The number of hydrogen-bond acceptors (Lipinski definition) is 4. The van der Waals surface area contributed by atoms with E-state index in [4.69, 9.17) is 0 Å². The number of halogens is 1. The summed E-state index contributed by atoms with van der Waals surface area (Å²) in [7, 11) is 1.11. The highest BCUT2D eigenvalue weighted by Crippen LogP contribution is 2.13. The Labute approximate surface area is 99.6 Å². The minimum Gasteiger partial charge on any atom is -0.467 e. The molecule has 0 aromatic heterocycles. The summed E-state index contributed by atoms with van der Waals surface area (Å²) in [5, 5.41) is 11.8. The van der Waals surface area contributed by atoms with Crippen molar-refractivity contribution in [3.8, 4) is 0 Å². The van der Waals surface area contributed by atoms with Crippen molar-refractivity contribution in [1.82, 2.24) is 5.32 Å². The molecule has 0 aromatic carbocycles. The highest BCUT2D eigenvalue weighted by molar-refractivity contribution is 5.93. The number of aliphatic hydroxyl groups is 1. The smallest absolute Gasteiger partial charge is 0.337 e. The molecule has 0 saturated heterocycles. The van der Waals surface area contributed by atoms with E-state index in [-0.39, 0.29) is 5.57 Å². The van der Waals surface area contributed by atoms with Crippen LogP contribution in [0, 0.1) is 0 Å². The zero-order chi connectivity index (χ0) is 13.8. The minimum atomic E-state index is -1.57. The molecule has 1 amide bonds. The molecule has 0 radical (unpaired) electrons. The van der Waals surface area contributed by atoms with Gasteiger partial charge in [-0.3, -0.25) is 4.79 Å². The lowest BCUT2D eigenvalue weighted by molar-refractivity contribution is -0.154. The fourth-order valence-corrected chi connectivity index (χ4v) is 1.05. The molecule has 0 fully saturated rings. The van der Waals surface area contributed by atoms with Crippen LogP contribution >= 0.6 is 0 Å². The molecule has 6 heteroatoms. The number of carbonyl (C=O) groups is 2. The van der Waals surface area contributed by atoms with Gasteiger partial charge in [-0.15, -0.1) is 0 Å². The van der Waals surface area contributed by atoms with Crippen molar-refractivity contribution in [2.75, 3.05) is 7.11 Å². The average molecular weight is 247 g/mol. The molecule has 0 rings (SSSR count). The van der Waals surface area contributed by atoms with Crippen LogP contribution < -0.4 is 5.32 Å². The van der Waals surface area contributed by atoms with Gasteiger partial charge < -0.3 is 15.2 Å². The van der Waals surface area contributed by atoms with Crippen molar-refractivity contribution >= 4 is 11.9 Å². The lowest BCUT2D eigenvalue weighted by atomic mass is 9.97. The number of rotatable bonds is 4. The molecule has 98 valence electrons. The van der Waals surface area contributed by atoms with E-state index in [1.807, 2.05) is 0 Å². The van der Waals surface area contributed by atoms with Crippen LogP contribution in [0.5, 0.6) is 0 Å². The number of allylic oxidation sites excluding steroid dienone is 1. The molecule has 0 aliphatic carbocycles. The average Bonchev–Trinajstić information content (AvgIpc) is 2.24.